The molecule has 2 N–H and O–H groups in total. The fourth-order valence-corrected chi connectivity index (χ4v) is 2.19. The minimum Gasteiger partial charge on any atom is -0.504 e. The number of phenolic OH excluding ortho intramolecular Hbond substituents is 1. The van der Waals surface area contributed by atoms with Crippen LogP contribution in [-0.2, 0) is 4.79 Å². The van der Waals surface area contributed by atoms with E-state index in [0.717, 1.165) is 23.8 Å². The molecule has 0 aliphatic heterocycles. The van der Waals surface area contributed by atoms with Gasteiger partial charge < -0.3 is 15.2 Å². The molecule has 2 rings (SSSR count). The molecule has 2 aromatic carbocycles. The van der Waals surface area contributed by atoms with Crippen LogP contribution in [0.1, 0.15) is 11.1 Å². The van der Waals surface area contributed by atoms with Crippen LogP contribution >= 0.6 is 0 Å². The van der Waals surface area contributed by atoms with Gasteiger partial charge in [0.05, 0.1) is 18.1 Å². The molecule has 0 unspecified atom stereocenters. The highest BCUT2D eigenvalue weighted by Gasteiger charge is 2.18. The van der Waals surface area contributed by atoms with Crippen molar-refractivity contribution in [2.75, 3.05) is 12.4 Å². The number of para-hydroxylation sites is 1. The Kier molecular flexibility index (Phi) is 5.55. The Labute approximate surface area is 149 Å². The molecular weight excluding hydrogens is 338 g/mol. The maximum Gasteiger partial charge on any atom is 0.274 e. The number of aromatic hydroxyl groups is 1. The Morgan fingerprint density at radius 2 is 2.08 bits per heavy atom. The maximum absolute atomic E-state index is 12.3. The molecule has 0 heterocycles. The van der Waals surface area contributed by atoms with Gasteiger partial charge in [0.2, 0.25) is 0 Å². The SMILES string of the molecule is COc1cc([N+](=O)[O-])cc(/C=C(/C#N)C(=O)Nc2ccccc2C)c1O. The van der Waals surface area contributed by atoms with Crippen molar-refractivity contribution in [1.82, 2.24) is 0 Å². The number of nitro groups is 1. The lowest BCUT2D eigenvalue weighted by Gasteiger charge is -2.09. The van der Waals surface area contributed by atoms with Crippen molar-refractivity contribution in [3.63, 3.8) is 0 Å². The summed E-state index contributed by atoms with van der Waals surface area (Å²) < 4.78 is 4.90. The molecule has 0 aliphatic carbocycles. The van der Waals surface area contributed by atoms with E-state index in [-0.39, 0.29) is 22.6 Å². The second kappa shape index (κ2) is 7.81. The first-order valence-electron chi connectivity index (χ1n) is 7.41. The molecule has 0 saturated carbocycles. The number of hydrogen-bond donors (Lipinski definition) is 2. The molecule has 0 aliphatic rings. The number of phenols is 1. The summed E-state index contributed by atoms with van der Waals surface area (Å²) in [5.74, 6) is -1.25. The van der Waals surface area contributed by atoms with Gasteiger partial charge in [-0.15, -0.1) is 0 Å². The first-order chi connectivity index (χ1) is 12.4. The van der Waals surface area contributed by atoms with Crippen LogP contribution in [0.2, 0.25) is 0 Å². The van der Waals surface area contributed by atoms with Crippen LogP contribution in [0.5, 0.6) is 11.5 Å². The number of benzene rings is 2. The predicted octanol–water partition coefficient (Wildman–Crippen LogP) is 3.16. The van der Waals surface area contributed by atoms with E-state index in [4.69, 9.17) is 4.74 Å². The van der Waals surface area contributed by atoms with Crippen molar-refractivity contribution in [3.05, 3.63) is 63.2 Å². The Bertz CT molecular complexity index is 944. The zero-order chi connectivity index (χ0) is 19.3. The van der Waals surface area contributed by atoms with Gasteiger partial charge in [-0.1, -0.05) is 18.2 Å². The number of nitrogens with one attached hydrogen (secondary N) is 1. The molecule has 0 bridgehead atoms. The minimum atomic E-state index is -0.702. The standard InChI is InChI=1S/C18H15N3O5/c1-11-5-3-4-6-15(11)20-18(23)13(10-19)7-12-8-14(21(24)25)9-16(26-2)17(12)22/h3-9,22H,1-2H3,(H,20,23)/b13-7-. The number of nitro benzene ring substituents is 1. The largest absolute Gasteiger partial charge is 0.504 e. The lowest BCUT2D eigenvalue weighted by Crippen LogP contribution is -2.14. The molecule has 0 atom stereocenters. The molecule has 0 aromatic heterocycles. The number of aryl methyl sites for hydroxylation is 1. The summed E-state index contributed by atoms with van der Waals surface area (Å²) >= 11 is 0. The van der Waals surface area contributed by atoms with Crippen molar-refractivity contribution >= 4 is 23.4 Å². The van der Waals surface area contributed by atoms with Crippen LogP contribution in [0, 0.1) is 28.4 Å². The minimum absolute atomic E-state index is 0.0764. The second-order valence-corrected chi connectivity index (χ2v) is 5.28. The fourth-order valence-electron chi connectivity index (χ4n) is 2.19. The molecule has 1 amide bonds. The number of non-ortho nitro benzene ring substituents is 1. The Morgan fingerprint density at radius 3 is 2.65 bits per heavy atom. The molecule has 0 fully saturated rings. The fraction of sp³-hybridized carbons (Fsp3) is 0.111. The van der Waals surface area contributed by atoms with E-state index in [1.165, 1.54) is 7.11 Å². The van der Waals surface area contributed by atoms with Crippen molar-refractivity contribution in [1.29, 1.82) is 5.26 Å². The second-order valence-electron chi connectivity index (χ2n) is 5.28. The summed E-state index contributed by atoms with van der Waals surface area (Å²) in [5.41, 5.74) is 0.582. The first kappa shape index (κ1) is 18.5. The molecular formula is C18H15N3O5. The Balaban J connectivity index is 2.44. The quantitative estimate of drug-likeness (QED) is 0.368. The van der Waals surface area contributed by atoms with Gasteiger partial charge in [0, 0.05) is 17.3 Å². The summed E-state index contributed by atoms with van der Waals surface area (Å²) in [6.45, 7) is 1.79. The third kappa shape index (κ3) is 3.96. The lowest BCUT2D eigenvalue weighted by molar-refractivity contribution is -0.385. The number of ether oxygens (including phenoxy) is 1. The highest BCUT2D eigenvalue weighted by atomic mass is 16.6. The number of carbonyl (C=O) groups is 1. The van der Waals surface area contributed by atoms with Crippen LogP contribution in [-0.4, -0.2) is 23.0 Å². The smallest absolute Gasteiger partial charge is 0.274 e. The van der Waals surface area contributed by atoms with Crippen LogP contribution in [0.25, 0.3) is 6.08 Å². The van der Waals surface area contributed by atoms with E-state index in [1.54, 1.807) is 37.3 Å². The van der Waals surface area contributed by atoms with Crippen molar-refractivity contribution < 1.29 is 19.6 Å². The summed E-state index contributed by atoms with van der Waals surface area (Å²) in [7, 11) is 1.24. The number of amides is 1. The van der Waals surface area contributed by atoms with Gasteiger partial charge in [0.15, 0.2) is 11.5 Å². The number of hydrogen-bond acceptors (Lipinski definition) is 6. The van der Waals surface area contributed by atoms with E-state index in [2.05, 4.69) is 5.32 Å². The van der Waals surface area contributed by atoms with E-state index in [1.807, 2.05) is 0 Å². The van der Waals surface area contributed by atoms with Gasteiger partial charge in [0.1, 0.15) is 11.6 Å². The normalized spacial score (nSPS) is 10.7. The Hall–Kier alpha value is -3.86. The van der Waals surface area contributed by atoms with E-state index in [9.17, 15) is 25.3 Å². The summed E-state index contributed by atoms with van der Waals surface area (Å²) in [5, 5.41) is 33.0. The monoisotopic (exact) mass is 353 g/mol. The van der Waals surface area contributed by atoms with Gasteiger partial charge in [-0.25, -0.2) is 0 Å². The van der Waals surface area contributed by atoms with Gasteiger partial charge in [-0.3, -0.25) is 14.9 Å². The number of nitriles is 1. The van der Waals surface area contributed by atoms with E-state index >= 15 is 0 Å². The van der Waals surface area contributed by atoms with Crippen LogP contribution in [0.15, 0.2) is 42.0 Å². The average molecular weight is 353 g/mol. The summed E-state index contributed by atoms with van der Waals surface area (Å²) in [6, 6.07) is 10.8. The number of carbonyl (C=O) groups excluding carboxylic acids is 1. The predicted molar refractivity (Wildman–Crippen MR) is 94.7 cm³/mol. The van der Waals surface area contributed by atoms with E-state index < -0.39 is 16.6 Å². The molecule has 0 radical (unpaired) electrons. The van der Waals surface area contributed by atoms with E-state index in [0.29, 0.717) is 5.69 Å². The molecule has 132 valence electrons. The zero-order valence-electron chi connectivity index (χ0n) is 14.0. The van der Waals surface area contributed by atoms with Crippen LogP contribution in [0.4, 0.5) is 11.4 Å². The molecule has 8 nitrogen and oxygen atoms in total. The van der Waals surface area contributed by atoms with Crippen molar-refractivity contribution in [3.8, 4) is 17.6 Å². The lowest BCUT2D eigenvalue weighted by atomic mass is 10.1. The summed E-state index contributed by atoms with van der Waals surface area (Å²) in [4.78, 5) is 22.7. The van der Waals surface area contributed by atoms with Crippen molar-refractivity contribution in [2.45, 2.75) is 6.92 Å². The van der Waals surface area contributed by atoms with Crippen LogP contribution in [0.3, 0.4) is 0 Å². The van der Waals surface area contributed by atoms with Gasteiger partial charge in [0.25, 0.3) is 11.6 Å². The molecule has 0 saturated heterocycles. The van der Waals surface area contributed by atoms with Gasteiger partial charge in [-0.2, -0.15) is 5.26 Å². The zero-order valence-corrected chi connectivity index (χ0v) is 14.0. The molecule has 8 heteroatoms. The highest BCUT2D eigenvalue weighted by molar-refractivity contribution is 6.10. The van der Waals surface area contributed by atoms with Gasteiger partial charge in [-0.05, 0) is 24.6 Å². The first-order valence-corrected chi connectivity index (χ1v) is 7.41. The average Bonchev–Trinajstić information content (AvgIpc) is 2.62. The number of nitrogens with zero attached hydrogens (tertiary/aromatic N) is 2. The molecule has 26 heavy (non-hydrogen) atoms. The number of rotatable bonds is 5. The number of anilines is 1. The topological polar surface area (TPSA) is 125 Å². The summed E-state index contributed by atoms with van der Waals surface area (Å²) in [6.07, 6.45) is 1.07. The third-order valence-corrected chi connectivity index (χ3v) is 3.58. The molecule has 0 spiro atoms. The van der Waals surface area contributed by atoms with Crippen LogP contribution < -0.4 is 10.1 Å². The maximum atomic E-state index is 12.3. The molecule has 2 aromatic rings. The van der Waals surface area contributed by atoms with Gasteiger partial charge >= 0.3 is 0 Å². The van der Waals surface area contributed by atoms with Crippen molar-refractivity contribution in [2.24, 2.45) is 0 Å². The Morgan fingerprint density at radius 1 is 1.38 bits per heavy atom. The highest BCUT2D eigenvalue weighted by Crippen LogP contribution is 2.35. The number of methoxy groups -OCH3 is 1. The third-order valence-electron chi connectivity index (χ3n) is 3.58.